The minimum absolute atomic E-state index is 0.0253. The minimum atomic E-state index is -0.534. The molecule has 0 radical (unpaired) electrons. The molecule has 5 heteroatoms. The maximum Gasteiger partial charge on any atom is 0.254 e. The number of carbonyl (C=O) groups excluding carboxylic acids is 2. The van der Waals surface area contributed by atoms with E-state index in [0.717, 1.165) is 55.1 Å². The van der Waals surface area contributed by atoms with Gasteiger partial charge in [0.15, 0.2) is 0 Å². The molecule has 0 bridgehead atoms. The first kappa shape index (κ1) is 20.4. The van der Waals surface area contributed by atoms with Gasteiger partial charge in [0, 0.05) is 43.3 Å². The lowest BCUT2D eigenvalue weighted by Crippen LogP contribution is -2.50. The number of para-hydroxylation sites is 1. The van der Waals surface area contributed by atoms with Crippen LogP contribution in [0, 0.1) is 11.8 Å². The lowest BCUT2D eigenvalue weighted by molar-refractivity contribution is -0.126. The highest BCUT2D eigenvalue weighted by atomic mass is 16.2. The van der Waals surface area contributed by atoms with Crippen LogP contribution < -0.4 is 10.2 Å². The van der Waals surface area contributed by atoms with E-state index in [0.29, 0.717) is 0 Å². The molecule has 4 rings (SSSR count). The van der Waals surface area contributed by atoms with Gasteiger partial charge >= 0.3 is 0 Å². The zero-order valence-corrected chi connectivity index (χ0v) is 18.1. The molecule has 29 heavy (non-hydrogen) atoms. The molecule has 1 N–H and O–H groups in total. The molecule has 0 spiro atoms. The number of nitrogens with zero attached hydrogens (tertiary/aromatic N) is 2. The Morgan fingerprint density at radius 1 is 1.00 bits per heavy atom. The summed E-state index contributed by atoms with van der Waals surface area (Å²) in [6.45, 7) is 8.33. The van der Waals surface area contributed by atoms with Crippen molar-refractivity contribution in [3.05, 3.63) is 29.8 Å². The van der Waals surface area contributed by atoms with Crippen LogP contribution in [0.25, 0.3) is 0 Å². The average molecular weight is 398 g/mol. The van der Waals surface area contributed by atoms with Crippen LogP contribution in [0.1, 0.15) is 70.9 Å². The summed E-state index contributed by atoms with van der Waals surface area (Å²) in [7, 11) is 0. The summed E-state index contributed by atoms with van der Waals surface area (Å²) < 4.78 is 0. The van der Waals surface area contributed by atoms with E-state index in [1.807, 2.05) is 29.2 Å². The topological polar surface area (TPSA) is 52.7 Å². The molecule has 2 amide bonds. The number of hydrogen-bond donors (Lipinski definition) is 1. The van der Waals surface area contributed by atoms with Gasteiger partial charge < -0.3 is 15.1 Å². The van der Waals surface area contributed by atoms with Crippen LogP contribution >= 0.6 is 0 Å². The smallest absolute Gasteiger partial charge is 0.254 e. The molecule has 1 atom stereocenters. The van der Waals surface area contributed by atoms with Gasteiger partial charge in [0.2, 0.25) is 5.91 Å². The summed E-state index contributed by atoms with van der Waals surface area (Å²) in [6, 6.07) is 8.33. The third kappa shape index (κ3) is 4.07. The van der Waals surface area contributed by atoms with Crippen LogP contribution in [0.4, 0.5) is 5.69 Å². The summed E-state index contributed by atoms with van der Waals surface area (Å²) in [6.07, 6.45) is 7.39. The van der Waals surface area contributed by atoms with Crippen LogP contribution in [0.2, 0.25) is 0 Å². The molecule has 1 saturated carbocycles. The molecule has 3 aliphatic rings. The molecule has 0 aromatic heterocycles. The third-order valence-corrected chi connectivity index (χ3v) is 7.40. The number of rotatable bonds is 4. The summed E-state index contributed by atoms with van der Waals surface area (Å²) in [5.74, 6) is 1.57. The normalized spacial score (nSPS) is 28.6. The Labute approximate surface area is 174 Å². The first-order valence-corrected chi connectivity index (χ1v) is 11.4. The Hall–Kier alpha value is -1.88. The number of carbonyl (C=O) groups is 2. The Morgan fingerprint density at radius 3 is 2.28 bits per heavy atom. The third-order valence-electron chi connectivity index (χ3n) is 7.40. The van der Waals surface area contributed by atoms with Crippen molar-refractivity contribution in [1.82, 2.24) is 10.2 Å². The van der Waals surface area contributed by atoms with Crippen molar-refractivity contribution in [2.75, 3.05) is 18.0 Å². The summed E-state index contributed by atoms with van der Waals surface area (Å²) in [5.41, 5.74) is 1.91. The van der Waals surface area contributed by atoms with Crippen molar-refractivity contribution in [1.29, 1.82) is 0 Å². The van der Waals surface area contributed by atoms with Gasteiger partial charge in [0.25, 0.3) is 5.91 Å². The molecule has 1 aliphatic carbocycles. The lowest BCUT2D eigenvalue weighted by Gasteiger charge is -2.43. The van der Waals surface area contributed by atoms with Gasteiger partial charge in [-0.3, -0.25) is 9.59 Å². The molecule has 2 heterocycles. The Morgan fingerprint density at radius 2 is 1.66 bits per heavy atom. The second-order valence-electron chi connectivity index (χ2n) is 9.48. The van der Waals surface area contributed by atoms with Crippen molar-refractivity contribution in [3.8, 4) is 0 Å². The van der Waals surface area contributed by atoms with Gasteiger partial charge in [0.1, 0.15) is 6.04 Å². The van der Waals surface area contributed by atoms with Crippen molar-refractivity contribution in [2.45, 2.75) is 77.4 Å². The fraction of sp³-hybridized carbons (Fsp3) is 0.667. The van der Waals surface area contributed by atoms with Crippen LogP contribution in [0.5, 0.6) is 0 Å². The van der Waals surface area contributed by atoms with Gasteiger partial charge in [-0.1, -0.05) is 32.0 Å². The molecule has 1 saturated heterocycles. The molecule has 1 aromatic carbocycles. The van der Waals surface area contributed by atoms with Crippen molar-refractivity contribution in [2.24, 2.45) is 11.8 Å². The average Bonchev–Trinajstić information content (AvgIpc) is 2.99. The molecular formula is C24H35N3O2. The predicted octanol–water partition coefficient (Wildman–Crippen LogP) is 3.89. The fourth-order valence-electron chi connectivity index (χ4n) is 5.70. The number of likely N-dealkylation sites (tertiary alicyclic amines) is 1. The van der Waals surface area contributed by atoms with E-state index in [1.54, 1.807) is 0 Å². The van der Waals surface area contributed by atoms with E-state index in [-0.39, 0.29) is 17.9 Å². The van der Waals surface area contributed by atoms with Gasteiger partial charge in [-0.25, -0.2) is 0 Å². The maximum atomic E-state index is 13.2. The SMILES string of the molecule is CC(=O)NC1C(=O)N(C2CCN(C3CCC(C(C)C)CC3)CC2)c2ccccc21. The molecular weight excluding hydrogens is 362 g/mol. The Balaban J connectivity index is 1.40. The number of fused-ring (bicyclic) bond motifs is 1. The van der Waals surface area contributed by atoms with Gasteiger partial charge in [-0.2, -0.15) is 0 Å². The monoisotopic (exact) mass is 397 g/mol. The van der Waals surface area contributed by atoms with Crippen molar-refractivity contribution in [3.63, 3.8) is 0 Å². The quantitative estimate of drug-likeness (QED) is 0.839. The summed E-state index contributed by atoms with van der Waals surface area (Å²) in [4.78, 5) is 29.5. The molecule has 2 aliphatic heterocycles. The van der Waals surface area contributed by atoms with Crippen molar-refractivity contribution < 1.29 is 9.59 Å². The molecule has 1 unspecified atom stereocenters. The van der Waals surface area contributed by atoms with Gasteiger partial charge in [-0.15, -0.1) is 0 Å². The second-order valence-corrected chi connectivity index (χ2v) is 9.48. The van der Waals surface area contributed by atoms with Crippen molar-refractivity contribution >= 4 is 17.5 Å². The Kier molecular flexibility index (Phi) is 5.95. The largest absolute Gasteiger partial charge is 0.341 e. The summed E-state index contributed by atoms with van der Waals surface area (Å²) >= 11 is 0. The highest BCUT2D eigenvalue weighted by molar-refractivity contribution is 6.06. The highest BCUT2D eigenvalue weighted by Gasteiger charge is 2.42. The van der Waals surface area contributed by atoms with Crippen LogP contribution in [-0.2, 0) is 9.59 Å². The van der Waals surface area contributed by atoms with E-state index in [4.69, 9.17) is 0 Å². The molecule has 1 aromatic rings. The number of hydrogen-bond acceptors (Lipinski definition) is 3. The highest BCUT2D eigenvalue weighted by Crippen LogP contribution is 2.40. The lowest BCUT2D eigenvalue weighted by atomic mass is 9.79. The van der Waals surface area contributed by atoms with E-state index in [2.05, 4.69) is 24.1 Å². The molecule has 5 nitrogen and oxygen atoms in total. The standard InChI is InChI=1S/C24H35N3O2/c1-16(2)18-8-10-19(11-9-18)26-14-12-20(13-15-26)27-22-7-5-4-6-21(22)23(24(27)29)25-17(3)28/h4-7,16,18-20,23H,8-15H2,1-3H3,(H,25,28). The minimum Gasteiger partial charge on any atom is -0.341 e. The Bertz CT molecular complexity index is 746. The zero-order valence-electron chi connectivity index (χ0n) is 18.1. The molecule has 2 fully saturated rings. The maximum absolute atomic E-state index is 13.2. The van der Waals surface area contributed by atoms with Gasteiger partial charge in [0.05, 0.1) is 0 Å². The van der Waals surface area contributed by atoms with Crippen LogP contribution in [0.15, 0.2) is 24.3 Å². The number of nitrogens with one attached hydrogen (secondary N) is 1. The summed E-state index contributed by atoms with van der Waals surface area (Å²) in [5, 5.41) is 2.85. The van der Waals surface area contributed by atoms with E-state index < -0.39 is 6.04 Å². The first-order valence-electron chi connectivity index (χ1n) is 11.4. The number of amides is 2. The van der Waals surface area contributed by atoms with E-state index in [1.165, 1.54) is 32.6 Å². The fourth-order valence-corrected chi connectivity index (χ4v) is 5.70. The van der Waals surface area contributed by atoms with Gasteiger partial charge in [-0.05, 0) is 56.4 Å². The van der Waals surface area contributed by atoms with E-state index >= 15 is 0 Å². The number of benzene rings is 1. The number of anilines is 1. The second kappa shape index (κ2) is 8.47. The first-order chi connectivity index (χ1) is 14.0. The molecule has 158 valence electrons. The zero-order chi connectivity index (χ0) is 20.5. The van der Waals surface area contributed by atoms with E-state index in [9.17, 15) is 9.59 Å². The predicted molar refractivity (Wildman–Crippen MR) is 116 cm³/mol. The van der Waals surface area contributed by atoms with Crippen LogP contribution in [0.3, 0.4) is 0 Å². The number of piperidine rings is 1. The van der Waals surface area contributed by atoms with Crippen LogP contribution in [-0.4, -0.2) is 41.9 Å².